The maximum atomic E-state index is 12.2. The fourth-order valence-corrected chi connectivity index (χ4v) is 2.97. The van der Waals surface area contributed by atoms with Crippen molar-refractivity contribution in [2.75, 3.05) is 17.2 Å². The average Bonchev–Trinajstić information content (AvgIpc) is 2.68. The molecule has 0 saturated carbocycles. The van der Waals surface area contributed by atoms with Gasteiger partial charge in [-0.05, 0) is 42.2 Å². The van der Waals surface area contributed by atoms with E-state index in [1.165, 1.54) is 5.56 Å². The van der Waals surface area contributed by atoms with E-state index >= 15 is 0 Å². The number of aromatic nitrogens is 2. The van der Waals surface area contributed by atoms with Gasteiger partial charge in [0.25, 0.3) is 0 Å². The number of carbonyl (C=O) groups is 1. The predicted octanol–water partition coefficient (Wildman–Crippen LogP) is 5.44. The topological polar surface area (TPSA) is 76.1 Å². The molecule has 150 valence electrons. The van der Waals surface area contributed by atoms with Gasteiger partial charge in [0.2, 0.25) is 5.95 Å². The summed E-state index contributed by atoms with van der Waals surface area (Å²) in [5.74, 6) is 0.664. The second-order valence-corrected chi connectivity index (χ2v) is 7.58. The van der Waals surface area contributed by atoms with E-state index in [9.17, 15) is 4.79 Å². The number of anilines is 4. The number of para-hydroxylation sites is 2. The Labute approximate surface area is 171 Å². The minimum atomic E-state index is -0.385. The second-order valence-electron chi connectivity index (χ2n) is 7.58. The van der Waals surface area contributed by atoms with Crippen molar-refractivity contribution in [2.45, 2.75) is 33.1 Å². The Morgan fingerprint density at radius 1 is 0.966 bits per heavy atom. The first-order chi connectivity index (χ1) is 13.9. The first-order valence-corrected chi connectivity index (χ1v) is 9.61. The molecule has 3 rings (SSSR count). The fraction of sp³-hybridized carbons (Fsp3) is 0.261. The van der Waals surface area contributed by atoms with E-state index in [1.807, 2.05) is 30.3 Å². The second kappa shape index (κ2) is 8.73. The molecule has 6 nitrogen and oxygen atoms in total. The highest BCUT2D eigenvalue weighted by Crippen LogP contribution is 2.31. The third-order valence-electron chi connectivity index (χ3n) is 4.32. The van der Waals surface area contributed by atoms with Gasteiger partial charge in [-0.1, -0.05) is 51.1 Å². The number of nitrogens with one attached hydrogen (secondary N) is 2. The van der Waals surface area contributed by atoms with Gasteiger partial charge in [-0.3, -0.25) is 0 Å². The number of hydrogen-bond acceptors (Lipinski definition) is 6. The number of ether oxygens (including phenoxy) is 1. The quantitative estimate of drug-likeness (QED) is 0.546. The van der Waals surface area contributed by atoms with Gasteiger partial charge in [-0.25, -0.2) is 9.78 Å². The van der Waals surface area contributed by atoms with E-state index in [4.69, 9.17) is 4.74 Å². The monoisotopic (exact) mass is 390 g/mol. The highest BCUT2D eigenvalue weighted by atomic mass is 16.5. The van der Waals surface area contributed by atoms with Crippen molar-refractivity contribution >= 4 is 29.1 Å². The molecule has 0 aliphatic carbocycles. The summed E-state index contributed by atoms with van der Waals surface area (Å²) in [7, 11) is 0. The highest BCUT2D eigenvalue weighted by Gasteiger charge is 2.18. The van der Waals surface area contributed by atoms with Crippen molar-refractivity contribution in [2.24, 2.45) is 0 Å². The van der Waals surface area contributed by atoms with Crippen molar-refractivity contribution in [3.8, 4) is 0 Å². The summed E-state index contributed by atoms with van der Waals surface area (Å²) in [6.45, 7) is 8.62. The van der Waals surface area contributed by atoms with Crippen LogP contribution in [0.2, 0.25) is 0 Å². The van der Waals surface area contributed by atoms with Crippen molar-refractivity contribution in [3.63, 3.8) is 0 Å². The van der Waals surface area contributed by atoms with Gasteiger partial charge in [0.15, 0.2) is 0 Å². The Bertz CT molecular complexity index is 996. The number of carbonyl (C=O) groups excluding carboxylic acids is 1. The first kappa shape index (κ1) is 20.3. The molecular formula is C23H26N4O2. The van der Waals surface area contributed by atoms with Gasteiger partial charge in [0.05, 0.1) is 17.9 Å². The Hall–Kier alpha value is -3.41. The first-order valence-electron chi connectivity index (χ1n) is 9.61. The Balaban J connectivity index is 1.85. The molecule has 2 aromatic carbocycles. The molecule has 0 radical (unpaired) electrons. The standard InChI is InChI=1S/C23H26N4O2/c1-5-29-21(28)16-10-6-8-12-18(16)26-22-24-15-14-20(27-22)25-19-13-9-7-11-17(19)23(2,3)4/h6-15H,5H2,1-4H3,(H2,24,25,26,27). The minimum Gasteiger partial charge on any atom is -0.462 e. The summed E-state index contributed by atoms with van der Waals surface area (Å²) in [6, 6.07) is 17.1. The van der Waals surface area contributed by atoms with Crippen LogP contribution < -0.4 is 10.6 Å². The van der Waals surface area contributed by atoms with E-state index in [1.54, 1.807) is 31.3 Å². The van der Waals surface area contributed by atoms with Crippen molar-refractivity contribution in [1.82, 2.24) is 9.97 Å². The van der Waals surface area contributed by atoms with Crippen LogP contribution in [0.25, 0.3) is 0 Å². The van der Waals surface area contributed by atoms with E-state index in [-0.39, 0.29) is 11.4 Å². The van der Waals surface area contributed by atoms with E-state index in [0.29, 0.717) is 29.6 Å². The molecule has 0 bridgehead atoms. The van der Waals surface area contributed by atoms with E-state index < -0.39 is 0 Å². The zero-order chi connectivity index (χ0) is 20.9. The van der Waals surface area contributed by atoms with Crippen molar-refractivity contribution in [1.29, 1.82) is 0 Å². The maximum absolute atomic E-state index is 12.2. The lowest BCUT2D eigenvalue weighted by Crippen LogP contribution is -2.14. The molecule has 2 N–H and O–H groups in total. The van der Waals surface area contributed by atoms with Crippen LogP contribution >= 0.6 is 0 Å². The summed E-state index contributed by atoms with van der Waals surface area (Å²) in [5, 5.41) is 6.50. The molecule has 1 aromatic heterocycles. The lowest BCUT2D eigenvalue weighted by molar-refractivity contribution is 0.0527. The largest absolute Gasteiger partial charge is 0.462 e. The number of benzene rings is 2. The van der Waals surface area contributed by atoms with Crippen LogP contribution in [-0.2, 0) is 10.2 Å². The molecule has 0 amide bonds. The highest BCUT2D eigenvalue weighted by molar-refractivity contribution is 5.96. The number of hydrogen-bond donors (Lipinski definition) is 2. The lowest BCUT2D eigenvalue weighted by atomic mass is 9.86. The SMILES string of the molecule is CCOC(=O)c1ccccc1Nc1nccc(Nc2ccccc2C(C)(C)C)n1. The van der Waals surface area contributed by atoms with E-state index in [0.717, 1.165) is 5.69 Å². The smallest absolute Gasteiger partial charge is 0.340 e. The Morgan fingerprint density at radius 3 is 2.38 bits per heavy atom. The molecule has 0 fully saturated rings. The lowest BCUT2D eigenvalue weighted by Gasteiger charge is -2.23. The zero-order valence-corrected chi connectivity index (χ0v) is 17.2. The molecule has 0 aliphatic heterocycles. The van der Waals surface area contributed by atoms with Crippen LogP contribution in [0.4, 0.5) is 23.1 Å². The molecule has 0 spiro atoms. The van der Waals surface area contributed by atoms with Gasteiger partial charge in [-0.15, -0.1) is 0 Å². The average molecular weight is 390 g/mol. The number of esters is 1. The molecule has 0 atom stereocenters. The third kappa shape index (κ3) is 5.10. The molecule has 0 unspecified atom stereocenters. The fourth-order valence-electron chi connectivity index (χ4n) is 2.97. The Morgan fingerprint density at radius 2 is 1.66 bits per heavy atom. The predicted molar refractivity (Wildman–Crippen MR) is 116 cm³/mol. The van der Waals surface area contributed by atoms with Crippen molar-refractivity contribution in [3.05, 3.63) is 71.9 Å². The van der Waals surface area contributed by atoms with Crippen LogP contribution in [0.5, 0.6) is 0 Å². The number of rotatable bonds is 6. The van der Waals surface area contributed by atoms with E-state index in [2.05, 4.69) is 47.4 Å². The molecule has 6 heteroatoms. The van der Waals surface area contributed by atoms with Crippen LogP contribution in [0.1, 0.15) is 43.6 Å². The minimum absolute atomic E-state index is 0.00369. The van der Waals surface area contributed by atoms with Gasteiger partial charge in [0, 0.05) is 11.9 Å². The molecule has 0 saturated heterocycles. The van der Waals surface area contributed by atoms with Gasteiger partial charge in [0.1, 0.15) is 5.82 Å². The maximum Gasteiger partial charge on any atom is 0.340 e. The summed E-state index contributed by atoms with van der Waals surface area (Å²) >= 11 is 0. The van der Waals surface area contributed by atoms with Crippen LogP contribution in [0, 0.1) is 0 Å². The zero-order valence-electron chi connectivity index (χ0n) is 17.2. The molecule has 1 heterocycles. The summed E-state index contributed by atoms with van der Waals surface area (Å²) < 4.78 is 5.12. The van der Waals surface area contributed by atoms with Gasteiger partial charge in [-0.2, -0.15) is 4.98 Å². The van der Waals surface area contributed by atoms with Gasteiger partial charge < -0.3 is 15.4 Å². The molecular weight excluding hydrogens is 364 g/mol. The molecule has 29 heavy (non-hydrogen) atoms. The Kier molecular flexibility index (Phi) is 6.12. The molecule has 3 aromatic rings. The van der Waals surface area contributed by atoms with Crippen LogP contribution in [-0.4, -0.2) is 22.5 Å². The third-order valence-corrected chi connectivity index (χ3v) is 4.32. The van der Waals surface area contributed by atoms with Gasteiger partial charge >= 0.3 is 5.97 Å². The summed E-state index contributed by atoms with van der Waals surface area (Å²) in [5.41, 5.74) is 3.22. The normalized spacial score (nSPS) is 11.0. The summed E-state index contributed by atoms with van der Waals surface area (Å²) in [6.07, 6.45) is 1.67. The number of nitrogens with zero attached hydrogens (tertiary/aromatic N) is 2. The molecule has 0 aliphatic rings. The van der Waals surface area contributed by atoms with Crippen molar-refractivity contribution < 1.29 is 9.53 Å². The van der Waals surface area contributed by atoms with Crippen LogP contribution in [0.3, 0.4) is 0 Å². The van der Waals surface area contributed by atoms with Crippen LogP contribution in [0.15, 0.2) is 60.8 Å². The summed E-state index contributed by atoms with van der Waals surface area (Å²) in [4.78, 5) is 21.0.